The van der Waals surface area contributed by atoms with Crippen LogP contribution in [0.2, 0.25) is 0 Å². The minimum Gasteiger partial charge on any atom is -0.326 e. The van der Waals surface area contributed by atoms with Crippen molar-refractivity contribution in [1.82, 2.24) is 5.32 Å². The molecule has 3 N–H and O–H groups in total. The zero-order valence-corrected chi connectivity index (χ0v) is 11.7. The lowest BCUT2D eigenvalue weighted by Gasteiger charge is -2.23. The third kappa shape index (κ3) is 3.05. The van der Waals surface area contributed by atoms with Crippen molar-refractivity contribution in [2.45, 2.75) is 38.1 Å². The number of benzene rings is 1. The maximum absolute atomic E-state index is 14.1. The number of nitrogens with one attached hydrogen (secondary N) is 3. The molecule has 0 unspecified atom stereocenters. The van der Waals surface area contributed by atoms with E-state index in [4.69, 9.17) is 0 Å². The first-order valence-electron chi connectivity index (χ1n) is 7.30. The van der Waals surface area contributed by atoms with Crippen LogP contribution in [0.1, 0.15) is 31.2 Å². The molecule has 0 radical (unpaired) electrons. The van der Waals surface area contributed by atoms with E-state index in [0.29, 0.717) is 18.5 Å². The smallest absolute Gasteiger partial charge is 0.241 e. The summed E-state index contributed by atoms with van der Waals surface area (Å²) in [6.45, 7) is 0.806. The Morgan fingerprint density at radius 2 is 2.14 bits per heavy atom. The Morgan fingerprint density at radius 1 is 1.29 bits per heavy atom. The van der Waals surface area contributed by atoms with Gasteiger partial charge in [-0.3, -0.25) is 9.59 Å². The summed E-state index contributed by atoms with van der Waals surface area (Å²) >= 11 is 0. The van der Waals surface area contributed by atoms with E-state index in [-0.39, 0.29) is 23.5 Å². The molecule has 2 heterocycles. The molecule has 0 saturated carbocycles. The van der Waals surface area contributed by atoms with Crippen molar-refractivity contribution >= 4 is 23.2 Å². The normalized spacial score (nSPS) is 21.4. The van der Waals surface area contributed by atoms with Crippen molar-refractivity contribution in [3.8, 4) is 0 Å². The van der Waals surface area contributed by atoms with E-state index < -0.39 is 5.82 Å². The second-order valence-corrected chi connectivity index (χ2v) is 5.53. The first kappa shape index (κ1) is 14.0. The second-order valence-electron chi connectivity index (χ2n) is 5.53. The van der Waals surface area contributed by atoms with E-state index >= 15 is 0 Å². The molecule has 0 aliphatic carbocycles. The molecule has 1 saturated heterocycles. The number of rotatable bonds is 2. The van der Waals surface area contributed by atoms with Crippen LogP contribution in [0, 0.1) is 5.82 Å². The van der Waals surface area contributed by atoms with Crippen LogP contribution in [0.15, 0.2) is 12.1 Å². The molecule has 1 aromatic carbocycles. The zero-order chi connectivity index (χ0) is 14.8. The van der Waals surface area contributed by atoms with Crippen molar-refractivity contribution in [3.05, 3.63) is 23.5 Å². The maximum atomic E-state index is 14.1. The Hall–Kier alpha value is -1.95. The minimum atomic E-state index is -0.464. The number of anilines is 2. The van der Waals surface area contributed by atoms with E-state index in [1.165, 1.54) is 12.1 Å². The monoisotopic (exact) mass is 291 g/mol. The second kappa shape index (κ2) is 5.81. The zero-order valence-electron chi connectivity index (χ0n) is 11.7. The molecule has 1 fully saturated rings. The first-order valence-corrected chi connectivity index (χ1v) is 7.30. The Labute approximate surface area is 122 Å². The lowest BCUT2D eigenvalue weighted by molar-refractivity contribution is -0.118. The quantitative estimate of drug-likeness (QED) is 0.778. The number of piperidine rings is 1. The van der Waals surface area contributed by atoms with Gasteiger partial charge in [-0.15, -0.1) is 0 Å². The van der Waals surface area contributed by atoms with Gasteiger partial charge in [-0.05, 0) is 43.5 Å². The molecule has 0 aromatic heterocycles. The van der Waals surface area contributed by atoms with Gasteiger partial charge >= 0.3 is 0 Å². The molecule has 3 rings (SSSR count). The van der Waals surface area contributed by atoms with Crippen molar-refractivity contribution in [3.63, 3.8) is 0 Å². The molecule has 0 spiro atoms. The van der Waals surface area contributed by atoms with Crippen LogP contribution >= 0.6 is 0 Å². The molecule has 5 nitrogen and oxygen atoms in total. The Bertz CT molecular complexity index is 583. The van der Waals surface area contributed by atoms with Crippen LogP contribution in [0.5, 0.6) is 0 Å². The van der Waals surface area contributed by atoms with E-state index in [1.807, 2.05) is 0 Å². The summed E-state index contributed by atoms with van der Waals surface area (Å²) in [6.07, 6.45) is 3.70. The highest BCUT2D eigenvalue weighted by Gasteiger charge is 2.23. The molecular formula is C15H18FN3O2. The average Bonchev–Trinajstić information content (AvgIpc) is 2.49. The van der Waals surface area contributed by atoms with Crippen LogP contribution in [-0.4, -0.2) is 24.4 Å². The van der Waals surface area contributed by atoms with Crippen LogP contribution in [0.25, 0.3) is 0 Å². The summed E-state index contributed by atoms with van der Waals surface area (Å²) in [5.41, 5.74) is 1.47. The standard InChI is InChI=1S/C15H18FN3O2/c16-10-7-9-4-5-14(20)18-12(9)8-13(10)19-15(21)11-3-1-2-6-17-11/h7-8,11,17H,1-6H2,(H,18,20)(H,19,21)/t11-/m0/s1. The van der Waals surface area contributed by atoms with Gasteiger partial charge in [-0.2, -0.15) is 0 Å². The highest BCUT2D eigenvalue weighted by Crippen LogP contribution is 2.28. The van der Waals surface area contributed by atoms with Gasteiger partial charge in [-0.1, -0.05) is 6.42 Å². The summed E-state index contributed by atoms with van der Waals surface area (Å²) in [5.74, 6) is -0.773. The number of hydrogen-bond acceptors (Lipinski definition) is 3. The fraction of sp³-hybridized carbons (Fsp3) is 0.467. The van der Waals surface area contributed by atoms with Gasteiger partial charge in [-0.25, -0.2) is 4.39 Å². The fourth-order valence-corrected chi connectivity index (χ4v) is 2.79. The number of carbonyl (C=O) groups excluding carboxylic acids is 2. The van der Waals surface area contributed by atoms with Gasteiger partial charge in [0.25, 0.3) is 0 Å². The van der Waals surface area contributed by atoms with Crippen molar-refractivity contribution < 1.29 is 14.0 Å². The van der Waals surface area contributed by atoms with Gasteiger partial charge in [0, 0.05) is 12.1 Å². The highest BCUT2D eigenvalue weighted by atomic mass is 19.1. The number of aryl methyl sites for hydroxylation is 1. The van der Waals surface area contributed by atoms with Gasteiger partial charge in [0.2, 0.25) is 11.8 Å². The van der Waals surface area contributed by atoms with Crippen molar-refractivity contribution in [1.29, 1.82) is 0 Å². The topological polar surface area (TPSA) is 70.2 Å². The Balaban J connectivity index is 1.77. The van der Waals surface area contributed by atoms with E-state index in [1.54, 1.807) is 0 Å². The number of amides is 2. The highest BCUT2D eigenvalue weighted by molar-refractivity contribution is 5.98. The first-order chi connectivity index (χ1) is 10.1. The number of fused-ring (bicyclic) bond motifs is 1. The minimum absolute atomic E-state index is 0.0830. The third-order valence-electron chi connectivity index (χ3n) is 3.97. The Morgan fingerprint density at radius 3 is 2.90 bits per heavy atom. The van der Waals surface area contributed by atoms with Crippen LogP contribution in [0.3, 0.4) is 0 Å². The molecule has 112 valence electrons. The van der Waals surface area contributed by atoms with Crippen LogP contribution < -0.4 is 16.0 Å². The lowest BCUT2D eigenvalue weighted by atomic mass is 10.0. The number of hydrogen-bond donors (Lipinski definition) is 3. The lowest BCUT2D eigenvalue weighted by Crippen LogP contribution is -2.43. The molecule has 6 heteroatoms. The van der Waals surface area contributed by atoms with Crippen LogP contribution in [0.4, 0.5) is 15.8 Å². The molecule has 2 aliphatic heterocycles. The number of halogens is 1. The molecule has 21 heavy (non-hydrogen) atoms. The predicted octanol–water partition coefficient (Wildman–Crippen LogP) is 1.79. The summed E-state index contributed by atoms with van der Waals surface area (Å²) in [7, 11) is 0. The third-order valence-corrected chi connectivity index (χ3v) is 3.97. The summed E-state index contributed by atoms with van der Waals surface area (Å²) in [5, 5.41) is 8.45. The van der Waals surface area contributed by atoms with Gasteiger partial charge in [0.1, 0.15) is 5.82 Å². The molecule has 2 aliphatic rings. The van der Waals surface area contributed by atoms with Gasteiger partial charge in [0.15, 0.2) is 0 Å². The van der Waals surface area contributed by atoms with Gasteiger partial charge < -0.3 is 16.0 Å². The van der Waals surface area contributed by atoms with E-state index in [2.05, 4.69) is 16.0 Å². The predicted molar refractivity (Wildman–Crippen MR) is 77.6 cm³/mol. The van der Waals surface area contributed by atoms with Crippen molar-refractivity contribution in [2.75, 3.05) is 17.2 Å². The summed E-state index contributed by atoms with van der Waals surface area (Å²) in [4.78, 5) is 23.5. The van der Waals surface area contributed by atoms with Crippen molar-refractivity contribution in [2.24, 2.45) is 0 Å². The van der Waals surface area contributed by atoms with Gasteiger partial charge in [0.05, 0.1) is 11.7 Å². The average molecular weight is 291 g/mol. The summed E-state index contributed by atoms with van der Waals surface area (Å²) in [6, 6.07) is 2.62. The summed E-state index contributed by atoms with van der Waals surface area (Å²) < 4.78 is 14.1. The maximum Gasteiger partial charge on any atom is 0.241 e. The molecule has 1 aromatic rings. The Kier molecular flexibility index (Phi) is 3.88. The molecule has 2 amide bonds. The fourth-order valence-electron chi connectivity index (χ4n) is 2.79. The van der Waals surface area contributed by atoms with Crippen LogP contribution in [-0.2, 0) is 16.0 Å². The molecular weight excluding hydrogens is 273 g/mol. The SMILES string of the molecule is O=C1CCc2cc(F)c(NC(=O)[C@@H]3CCCCN3)cc2N1. The van der Waals surface area contributed by atoms with E-state index in [9.17, 15) is 14.0 Å². The largest absolute Gasteiger partial charge is 0.326 e. The molecule has 1 atom stereocenters. The number of carbonyl (C=O) groups is 2. The van der Waals surface area contributed by atoms with E-state index in [0.717, 1.165) is 31.4 Å². The molecule has 0 bridgehead atoms.